The van der Waals surface area contributed by atoms with Crippen molar-refractivity contribution in [2.24, 2.45) is 11.5 Å². The Bertz CT molecular complexity index is 712. The van der Waals surface area contributed by atoms with Crippen molar-refractivity contribution in [2.75, 3.05) is 0 Å². The molecule has 0 aliphatic carbocycles. The van der Waals surface area contributed by atoms with E-state index >= 15 is 0 Å². The summed E-state index contributed by atoms with van der Waals surface area (Å²) in [6.07, 6.45) is -1.58. The Balaban J connectivity index is 5.05. The summed E-state index contributed by atoms with van der Waals surface area (Å²) in [5.41, 5.74) is 10.5. The number of aliphatic carboxylic acids is 2. The van der Waals surface area contributed by atoms with Gasteiger partial charge in [0.1, 0.15) is 18.4 Å². The van der Waals surface area contributed by atoms with Gasteiger partial charge in [-0.2, -0.15) is 0 Å². The molecule has 0 saturated heterocycles. The highest BCUT2D eigenvalue weighted by Gasteiger charge is 2.27. The van der Waals surface area contributed by atoms with E-state index < -0.39 is 72.6 Å². The fourth-order valence-electron chi connectivity index (χ4n) is 2.26. The van der Waals surface area contributed by atoms with Crippen LogP contribution in [0.1, 0.15) is 39.0 Å². The molecule has 0 heterocycles. The number of amides is 4. The Labute approximate surface area is 177 Å². The Morgan fingerprint density at radius 2 is 1.42 bits per heavy atom. The molecule has 4 atom stereocenters. The van der Waals surface area contributed by atoms with Gasteiger partial charge in [-0.3, -0.25) is 28.8 Å². The van der Waals surface area contributed by atoms with Gasteiger partial charge < -0.3 is 42.4 Å². The van der Waals surface area contributed by atoms with Crippen LogP contribution in [0.2, 0.25) is 0 Å². The van der Waals surface area contributed by atoms with Crippen LogP contribution in [-0.2, 0) is 33.6 Å². The zero-order valence-corrected chi connectivity index (χ0v) is 16.8. The molecule has 0 spiro atoms. The molecule has 0 saturated carbocycles. The number of aldehydes is 1. The minimum absolute atomic E-state index is 0.161. The lowest BCUT2D eigenvalue weighted by Gasteiger charge is -2.23. The fourth-order valence-corrected chi connectivity index (χ4v) is 2.26. The van der Waals surface area contributed by atoms with Crippen LogP contribution in [-0.4, -0.2) is 76.2 Å². The van der Waals surface area contributed by atoms with Gasteiger partial charge in [-0.25, -0.2) is 0 Å². The Morgan fingerprint density at radius 1 is 0.871 bits per heavy atom. The van der Waals surface area contributed by atoms with E-state index in [1.165, 1.54) is 6.92 Å². The van der Waals surface area contributed by atoms with Gasteiger partial charge in [0.15, 0.2) is 0 Å². The third kappa shape index (κ3) is 11.9. The molecule has 0 aliphatic heterocycles. The molecule has 0 aliphatic rings. The van der Waals surface area contributed by atoms with Crippen LogP contribution in [0.25, 0.3) is 0 Å². The Hall–Kier alpha value is -3.55. The zero-order valence-electron chi connectivity index (χ0n) is 16.8. The van der Waals surface area contributed by atoms with E-state index in [1.54, 1.807) is 0 Å². The van der Waals surface area contributed by atoms with E-state index in [0.717, 1.165) is 0 Å². The van der Waals surface area contributed by atoms with Crippen LogP contribution >= 0.6 is 0 Å². The first-order valence-corrected chi connectivity index (χ1v) is 9.21. The number of primary amides is 1. The van der Waals surface area contributed by atoms with Crippen molar-refractivity contribution >= 4 is 41.9 Å². The molecule has 9 N–H and O–H groups in total. The molecule has 14 nitrogen and oxygen atoms in total. The highest BCUT2D eigenvalue weighted by atomic mass is 16.4. The van der Waals surface area contributed by atoms with E-state index in [0.29, 0.717) is 0 Å². The quantitative estimate of drug-likeness (QED) is 0.123. The average molecular weight is 445 g/mol. The largest absolute Gasteiger partial charge is 0.481 e. The number of hydrogen-bond donors (Lipinski definition) is 7. The number of hydrogen-bond acceptors (Lipinski definition) is 8. The third-order valence-corrected chi connectivity index (χ3v) is 3.95. The topological polar surface area (TPSA) is 248 Å². The van der Waals surface area contributed by atoms with Crippen molar-refractivity contribution in [3.63, 3.8) is 0 Å². The molecule has 0 aromatic rings. The molecule has 0 aromatic heterocycles. The normalized spacial score (nSPS) is 14.3. The van der Waals surface area contributed by atoms with Crippen molar-refractivity contribution in [1.82, 2.24) is 16.0 Å². The standard InChI is InChI=1S/C17H27N5O9/c1-8(20-16(30)10(18)2-4-13(25)26)15(29)22-11(3-5-14(27)28)17(31)21-9(7-23)6-12(19)24/h7-11H,2-6,18H2,1H3,(H2,19,24)(H,20,30)(H,21,31)(H,22,29)(H,25,26)(H,27,28)/t8-,9-,10-,11-/m0/s1. The summed E-state index contributed by atoms with van der Waals surface area (Å²) in [6, 6.07) is -5.03. The number of carboxylic acids is 2. The second-order valence-electron chi connectivity index (χ2n) is 6.68. The fraction of sp³-hybridized carbons (Fsp3) is 0.588. The maximum absolute atomic E-state index is 12.4. The van der Waals surface area contributed by atoms with Gasteiger partial charge in [0.25, 0.3) is 0 Å². The minimum Gasteiger partial charge on any atom is -0.481 e. The molecule has 0 aromatic carbocycles. The number of carbonyl (C=O) groups excluding carboxylic acids is 5. The second kappa shape index (κ2) is 13.6. The van der Waals surface area contributed by atoms with Crippen molar-refractivity contribution in [2.45, 2.75) is 63.2 Å². The number of rotatable bonds is 15. The van der Waals surface area contributed by atoms with Crippen LogP contribution in [0.4, 0.5) is 0 Å². The number of carboxylic acid groups (broad SMARTS) is 2. The highest BCUT2D eigenvalue weighted by molar-refractivity contribution is 5.94. The van der Waals surface area contributed by atoms with Crippen LogP contribution < -0.4 is 27.4 Å². The second-order valence-corrected chi connectivity index (χ2v) is 6.68. The first kappa shape index (κ1) is 27.5. The van der Waals surface area contributed by atoms with Crippen LogP contribution in [0.3, 0.4) is 0 Å². The molecular formula is C17H27N5O9. The van der Waals surface area contributed by atoms with E-state index in [1.807, 2.05) is 0 Å². The summed E-state index contributed by atoms with van der Waals surface area (Å²) >= 11 is 0. The maximum Gasteiger partial charge on any atom is 0.303 e. The maximum atomic E-state index is 12.4. The summed E-state index contributed by atoms with van der Waals surface area (Å²) < 4.78 is 0. The van der Waals surface area contributed by atoms with Crippen molar-refractivity contribution < 1.29 is 43.8 Å². The lowest BCUT2D eigenvalue weighted by atomic mass is 10.1. The smallest absolute Gasteiger partial charge is 0.303 e. The van der Waals surface area contributed by atoms with E-state index in [-0.39, 0.29) is 25.5 Å². The predicted molar refractivity (Wildman–Crippen MR) is 103 cm³/mol. The molecule has 14 heteroatoms. The lowest BCUT2D eigenvalue weighted by Crippen LogP contribution is -2.56. The molecule has 0 bridgehead atoms. The van der Waals surface area contributed by atoms with E-state index in [4.69, 9.17) is 21.7 Å². The van der Waals surface area contributed by atoms with Crippen molar-refractivity contribution in [1.29, 1.82) is 0 Å². The lowest BCUT2D eigenvalue weighted by molar-refractivity contribution is -0.138. The highest BCUT2D eigenvalue weighted by Crippen LogP contribution is 2.02. The molecule has 31 heavy (non-hydrogen) atoms. The third-order valence-electron chi connectivity index (χ3n) is 3.95. The molecule has 0 unspecified atom stereocenters. The van der Waals surface area contributed by atoms with E-state index in [2.05, 4.69) is 16.0 Å². The Morgan fingerprint density at radius 3 is 1.90 bits per heavy atom. The minimum atomic E-state index is -1.39. The molecule has 4 amide bonds. The molecular weight excluding hydrogens is 418 g/mol. The van der Waals surface area contributed by atoms with Crippen molar-refractivity contribution in [3.8, 4) is 0 Å². The van der Waals surface area contributed by atoms with Crippen LogP contribution in [0, 0.1) is 0 Å². The average Bonchev–Trinajstić information content (AvgIpc) is 2.67. The number of nitrogens with two attached hydrogens (primary N) is 2. The SMILES string of the molecule is C[C@H](NC(=O)[C@@H](N)CCC(=O)O)C(=O)N[C@@H](CCC(=O)O)C(=O)N[C@H](C=O)CC(N)=O. The van der Waals surface area contributed by atoms with Gasteiger partial charge in [0.05, 0.1) is 18.5 Å². The van der Waals surface area contributed by atoms with Gasteiger partial charge in [0, 0.05) is 12.8 Å². The van der Waals surface area contributed by atoms with E-state index in [9.17, 15) is 33.6 Å². The summed E-state index contributed by atoms with van der Waals surface area (Å²) in [4.78, 5) is 79.9. The first-order chi connectivity index (χ1) is 14.4. The molecule has 0 rings (SSSR count). The predicted octanol–water partition coefficient (Wildman–Crippen LogP) is -3.41. The summed E-state index contributed by atoms with van der Waals surface area (Å²) in [6.45, 7) is 1.27. The molecule has 0 radical (unpaired) electrons. The summed E-state index contributed by atoms with van der Waals surface area (Å²) in [5.74, 6) is -5.84. The monoisotopic (exact) mass is 445 g/mol. The first-order valence-electron chi connectivity index (χ1n) is 9.21. The Kier molecular flexibility index (Phi) is 12.1. The number of nitrogens with one attached hydrogen (secondary N) is 3. The molecule has 0 fully saturated rings. The summed E-state index contributed by atoms with van der Waals surface area (Å²) in [7, 11) is 0. The van der Waals surface area contributed by atoms with Gasteiger partial charge in [-0.05, 0) is 19.8 Å². The molecule has 174 valence electrons. The number of carbonyl (C=O) groups is 7. The van der Waals surface area contributed by atoms with Gasteiger partial charge in [-0.15, -0.1) is 0 Å². The van der Waals surface area contributed by atoms with Crippen LogP contribution in [0.5, 0.6) is 0 Å². The van der Waals surface area contributed by atoms with Gasteiger partial charge >= 0.3 is 11.9 Å². The summed E-state index contributed by atoms with van der Waals surface area (Å²) in [5, 5.41) is 24.1. The zero-order chi connectivity index (χ0) is 24.1. The van der Waals surface area contributed by atoms with Crippen LogP contribution in [0.15, 0.2) is 0 Å². The van der Waals surface area contributed by atoms with Gasteiger partial charge in [-0.1, -0.05) is 0 Å². The van der Waals surface area contributed by atoms with Crippen molar-refractivity contribution in [3.05, 3.63) is 0 Å². The van der Waals surface area contributed by atoms with Gasteiger partial charge in [0.2, 0.25) is 23.6 Å².